The lowest BCUT2D eigenvalue weighted by molar-refractivity contribution is 0.809. The molecule has 0 saturated carbocycles. The maximum absolute atomic E-state index is 4.66. The molecule has 0 atom stereocenters. The number of nitrogens with zero attached hydrogens (tertiary/aromatic N) is 5. The van der Waals surface area contributed by atoms with Gasteiger partial charge in [0.2, 0.25) is 0 Å². The zero-order valence-electron chi connectivity index (χ0n) is 15.0. The van der Waals surface area contributed by atoms with Crippen molar-refractivity contribution in [2.24, 2.45) is 4.99 Å². The van der Waals surface area contributed by atoms with E-state index in [-0.39, 0.29) is 0 Å². The lowest BCUT2D eigenvalue weighted by Gasteiger charge is -2.10. The fourth-order valence-corrected chi connectivity index (χ4v) is 3.16. The first-order chi connectivity index (χ1) is 12.8. The Balaban J connectivity index is 1.64. The highest BCUT2D eigenvalue weighted by molar-refractivity contribution is 7.11. The van der Waals surface area contributed by atoms with Crippen LogP contribution in [0.1, 0.15) is 29.3 Å². The Bertz CT molecular complexity index is 839. The van der Waals surface area contributed by atoms with E-state index in [0.717, 1.165) is 35.3 Å². The van der Waals surface area contributed by atoms with Gasteiger partial charge in [0.15, 0.2) is 11.8 Å². The molecule has 0 aliphatic heterocycles. The number of aliphatic imine (C=N–C) groups is 1. The van der Waals surface area contributed by atoms with Crippen molar-refractivity contribution in [1.82, 2.24) is 30.4 Å². The van der Waals surface area contributed by atoms with Gasteiger partial charge in [-0.15, -0.1) is 11.3 Å². The van der Waals surface area contributed by atoms with Gasteiger partial charge in [-0.05, 0) is 37.1 Å². The van der Waals surface area contributed by atoms with Crippen LogP contribution in [0.25, 0.3) is 5.82 Å². The highest BCUT2D eigenvalue weighted by Crippen LogP contribution is 2.13. The normalized spacial score (nSPS) is 11.5. The molecular weight excluding hydrogens is 346 g/mol. The molecule has 0 aliphatic carbocycles. The summed E-state index contributed by atoms with van der Waals surface area (Å²) in [6.07, 6.45) is 8.36. The molecule has 0 fully saturated rings. The number of hydrogen-bond donors (Lipinski definition) is 2. The lowest BCUT2D eigenvalue weighted by atomic mass is 10.2. The molecule has 8 heteroatoms. The summed E-state index contributed by atoms with van der Waals surface area (Å²) in [5.41, 5.74) is 1.07. The van der Waals surface area contributed by atoms with E-state index >= 15 is 0 Å². The van der Waals surface area contributed by atoms with Gasteiger partial charge in [0.1, 0.15) is 5.01 Å². The van der Waals surface area contributed by atoms with E-state index in [1.807, 2.05) is 30.6 Å². The molecule has 26 heavy (non-hydrogen) atoms. The molecule has 3 aromatic rings. The summed E-state index contributed by atoms with van der Waals surface area (Å²) in [6, 6.07) is 5.84. The van der Waals surface area contributed by atoms with Gasteiger partial charge in [0.25, 0.3) is 0 Å². The Morgan fingerprint density at radius 2 is 2.15 bits per heavy atom. The first-order valence-corrected chi connectivity index (χ1v) is 9.50. The van der Waals surface area contributed by atoms with Crippen molar-refractivity contribution in [3.05, 3.63) is 58.4 Å². The highest BCUT2D eigenvalue weighted by atomic mass is 32.1. The molecule has 0 radical (unpaired) electrons. The number of guanidine groups is 1. The van der Waals surface area contributed by atoms with Crippen LogP contribution < -0.4 is 10.6 Å². The van der Waals surface area contributed by atoms with Crippen LogP contribution in [-0.2, 0) is 19.5 Å². The molecule has 0 unspecified atom stereocenters. The minimum Gasteiger partial charge on any atom is -0.357 e. The minimum atomic E-state index is 0.560. The van der Waals surface area contributed by atoms with Gasteiger partial charge in [-0.25, -0.2) is 19.6 Å². The molecule has 0 aromatic carbocycles. The third-order valence-electron chi connectivity index (χ3n) is 3.67. The summed E-state index contributed by atoms with van der Waals surface area (Å²) in [7, 11) is 0. The van der Waals surface area contributed by atoms with Crippen LogP contribution in [0, 0.1) is 0 Å². The molecule has 0 aliphatic rings. The number of nitrogens with one attached hydrogen (secondary N) is 2. The second-order valence-electron chi connectivity index (χ2n) is 5.60. The quantitative estimate of drug-likeness (QED) is 0.494. The average molecular weight is 369 g/mol. The van der Waals surface area contributed by atoms with Crippen molar-refractivity contribution in [2.45, 2.75) is 33.4 Å². The van der Waals surface area contributed by atoms with Gasteiger partial charge in [-0.3, -0.25) is 0 Å². The van der Waals surface area contributed by atoms with Crippen LogP contribution in [-0.4, -0.2) is 32.3 Å². The van der Waals surface area contributed by atoms with Gasteiger partial charge < -0.3 is 10.6 Å². The Morgan fingerprint density at radius 3 is 2.88 bits per heavy atom. The standard InChI is InChI=1S/C18H23N7S/c1-3-15-12-21-17(26-15)13-23-18(19-4-2)22-11-14-6-8-20-16(10-14)25-9-5-7-24-25/h5-10,12H,3-4,11,13H2,1-2H3,(H2,19,22,23). The largest absolute Gasteiger partial charge is 0.357 e. The molecular formula is C18H23N7S. The number of thiazole rings is 1. The van der Waals surface area contributed by atoms with E-state index < -0.39 is 0 Å². The molecule has 136 valence electrons. The van der Waals surface area contributed by atoms with Crippen LogP contribution in [0.3, 0.4) is 0 Å². The molecule has 0 amide bonds. The minimum absolute atomic E-state index is 0.560. The second-order valence-corrected chi connectivity index (χ2v) is 6.80. The van der Waals surface area contributed by atoms with Gasteiger partial charge >= 0.3 is 0 Å². The fraction of sp³-hybridized carbons (Fsp3) is 0.333. The van der Waals surface area contributed by atoms with Crippen molar-refractivity contribution < 1.29 is 0 Å². The van der Waals surface area contributed by atoms with E-state index in [1.165, 1.54) is 4.88 Å². The SMILES string of the molecule is CCNC(=NCc1ccnc(-n2cccn2)c1)NCc1ncc(CC)s1. The van der Waals surface area contributed by atoms with E-state index in [2.05, 4.69) is 44.5 Å². The Kier molecular flexibility index (Phi) is 6.32. The van der Waals surface area contributed by atoms with Crippen LogP contribution in [0.15, 0.2) is 48.0 Å². The van der Waals surface area contributed by atoms with Gasteiger partial charge in [0.05, 0.1) is 13.1 Å². The highest BCUT2D eigenvalue weighted by Gasteiger charge is 2.04. The van der Waals surface area contributed by atoms with Crippen molar-refractivity contribution in [3.63, 3.8) is 0 Å². The second kappa shape index (κ2) is 9.10. The summed E-state index contributed by atoms with van der Waals surface area (Å²) in [5, 5.41) is 11.9. The monoisotopic (exact) mass is 369 g/mol. The summed E-state index contributed by atoms with van der Waals surface area (Å²) in [6.45, 7) is 6.23. The molecule has 2 N–H and O–H groups in total. The molecule has 3 rings (SSSR count). The van der Waals surface area contributed by atoms with Crippen molar-refractivity contribution >= 4 is 17.3 Å². The van der Waals surface area contributed by atoms with Gasteiger partial charge in [-0.2, -0.15) is 5.10 Å². The zero-order valence-corrected chi connectivity index (χ0v) is 15.8. The van der Waals surface area contributed by atoms with E-state index in [1.54, 1.807) is 28.4 Å². The number of aromatic nitrogens is 4. The zero-order chi connectivity index (χ0) is 18.2. The van der Waals surface area contributed by atoms with E-state index in [4.69, 9.17) is 0 Å². The summed E-state index contributed by atoms with van der Waals surface area (Å²) < 4.78 is 1.74. The smallest absolute Gasteiger partial charge is 0.191 e. The molecule has 0 bridgehead atoms. The molecule has 0 spiro atoms. The lowest BCUT2D eigenvalue weighted by Crippen LogP contribution is -2.36. The number of rotatable bonds is 7. The molecule has 3 heterocycles. The first kappa shape index (κ1) is 18.1. The predicted octanol–water partition coefficient (Wildman–Crippen LogP) is 2.54. The number of hydrogen-bond acceptors (Lipinski definition) is 5. The van der Waals surface area contributed by atoms with E-state index in [9.17, 15) is 0 Å². The van der Waals surface area contributed by atoms with E-state index in [0.29, 0.717) is 13.1 Å². The Morgan fingerprint density at radius 1 is 1.23 bits per heavy atom. The van der Waals surface area contributed by atoms with Crippen LogP contribution in [0.5, 0.6) is 0 Å². The summed E-state index contributed by atoms with van der Waals surface area (Å²) in [4.78, 5) is 14.7. The molecule has 0 saturated heterocycles. The first-order valence-electron chi connectivity index (χ1n) is 8.69. The van der Waals surface area contributed by atoms with Gasteiger partial charge in [-0.1, -0.05) is 6.92 Å². The third-order valence-corrected chi connectivity index (χ3v) is 4.81. The van der Waals surface area contributed by atoms with Crippen LogP contribution >= 0.6 is 11.3 Å². The van der Waals surface area contributed by atoms with Crippen LogP contribution in [0.4, 0.5) is 0 Å². The van der Waals surface area contributed by atoms with Crippen molar-refractivity contribution in [3.8, 4) is 5.82 Å². The predicted molar refractivity (Wildman–Crippen MR) is 105 cm³/mol. The molecule has 7 nitrogen and oxygen atoms in total. The summed E-state index contributed by atoms with van der Waals surface area (Å²) in [5.74, 6) is 1.56. The maximum atomic E-state index is 4.66. The topological polar surface area (TPSA) is 80.0 Å². The number of aryl methyl sites for hydroxylation is 1. The van der Waals surface area contributed by atoms with Gasteiger partial charge in [0, 0.05) is 36.2 Å². The average Bonchev–Trinajstić information content (AvgIpc) is 3.36. The maximum Gasteiger partial charge on any atom is 0.191 e. The summed E-state index contributed by atoms with van der Waals surface area (Å²) >= 11 is 1.73. The Labute approximate surface area is 157 Å². The van der Waals surface area contributed by atoms with Crippen molar-refractivity contribution in [2.75, 3.05) is 6.54 Å². The number of pyridine rings is 1. The Hall–Kier alpha value is -2.74. The third kappa shape index (κ3) is 4.89. The van der Waals surface area contributed by atoms with Crippen molar-refractivity contribution in [1.29, 1.82) is 0 Å². The van der Waals surface area contributed by atoms with Crippen LogP contribution in [0.2, 0.25) is 0 Å². The fourth-order valence-electron chi connectivity index (χ4n) is 2.35. The molecule has 3 aromatic heterocycles.